The summed E-state index contributed by atoms with van der Waals surface area (Å²) in [6.07, 6.45) is 1.10. The molecule has 0 fully saturated rings. The Kier molecular flexibility index (Phi) is 6.41. The van der Waals surface area contributed by atoms with E-state index in [-0.39, 0.29) is 22.3 Å². The highest BCUT2D eigenvalue weighted by atomic mass is 35.5. The molecule has 0 saturated carbocycles. The van der Waals surface area contributed by atoms with Crippen LogP contribution in [-0.2, 0) is 21.2 Å². The van der Waals surface area contributed by atoms with E-state index in [4.69, 9.17) is 16.3 Å². The molecular weight excluding hydrogens is 483 g/mol. The number of carbonyl (C=O) groups is 1. The van der Waals surface area contributed by atoms with Crippen LogP contribution in [0.2, 0.25) is 5.02 Å². The average Bonchev–Trinajstić information content (AvgIpc) is 2.82. The van der Waals surface area contributed by atoms with E-state index < -0.39 is 31.9 Å². The van der Waals surface area contributed by atoms with Crippen molar-refractivity contribution in [3.63, 3.8) is 0 Å². The largest absolute Gasteiger partial charge is 0.497 e. The molecule has 3 aromatic carbocycles. The fraction of sp³-hybridized carbons (Fsp3) is 0.0833. The molecule has 0 saturated heterocycles. The van der Waals surface area contributed by atoms with Crippen LogP contribution in [0.5, 0.6) is 5.75 Å². The normalized spacial score (nSPS) is 11.4. The third-order valence-electron chi connectivity index (χ3n) is 5.11. The molecule has 0 spiro atoms. The number of rotatable bonds is 6. The first-order valence-corrected chi connectivity index (χ1v) is 11.8. The maximum atomic E-state index is 14.0. The van der Waals surface area contributed by atoms with E-state index in [0.717, 1.165) is 18.3 Å². The number of ether oxygens (including phenoxy) is 1. The molecule has 1 N–H and O–H groups in total. The molecule has 0 unspecified atom stereocenters. The first-order valence-electron chi connectivity index (χ1n) is 9.96. The molecule has 1 heterocycles. The van der Waals surface area contributed by atoms with Gasteiger partial charge in [-0.1, -0.05) is 11.6 Å². The number of halogens is 2. The minimum Gasteiger partial charge on any atom is -0.497 e. The van der Waals surface area contributed by atoms with Gasteiger partial charge in [0.25, 0.3) is 0 Å². The predicted octanol–water partition coefficient (Wildman–Crippen LogP) is 4.27. The quantitative estimate of drug-likeness (QED) is 0.426. The summed E-state index contributed by atoms with van der Waals surface area (Å²) in [7, 11) is -2.84. The van der Waals surface area contributed by atoms with E-state index in [9.17, 15) is 22.4 Å². The molecule has 0 radical (unpaired) electrons. The van der Waals surface area contributed by atoms with Gasteiger partial charge in [-0.25, -0.2) is 12.8 Å². The highest BCUT2D eigenvalue weighted by molar-refractivity contribution is 7.91. The van der Waals surface area contributed by atoms with Crippen molar-refractivity contribution in [3.8, 4) is 5.75 Å². The van der Waals surface area contributed by atoms with Crippen LogP contribution in [0.25, 0.3) is 10.9 Å². The van der Waals surface area contributed by atoms with Gasteiger partial charge in [-0.15, -0.1) is 0 Å². The Hall–Kier alpha value is -3.69. The van der Waals surface area contributed by atoms with Gasteiger partial charge in [0.15, 0.2) is 0 Å². The van der Waals surface area contributed by atoms with Crippen LogP contribution in [-0.4, -0.2) is 26.0 Å². The Labute approximate surface area is 199 Å². The van der Waals surface area contributed by atoms with Crippen LogP contribution in [0, 0.1) is 5.82 Å². The summed E-state index contributed by atoms with van der Waals surface area (Å²) >= 11 is 5.86. The Balaban J connectivity index is 1.80. The smallest absolute Gasteiger partial charge is 0.244 e. The van der Waals surface area contributed by atoms with E-state index in [2.05, 4.69) is 5.32 Å². The van der Waals surface area contributed by atoms with E-state index in [1.54, 1.807) is 24.3 Å². The van der Waals surface area contributed by atoms with Crippen molar-refractivity contribution in [1.82, 2.24) is 4.57 Å². The molecule has 7 nitrogen and oxygen atoms in total. The Morgan fingerprint density at radius 2 is 1.74 bits per heavy atom. The lowest BCUT2D eigenvalue weighted by Gasteiger charge is -2.14. The number of methoxy groups -OCH3 is 1. The zero-order valence-corrected chi connectivity index (χ0v) is 19.4. The summed E-state index contributed by atoms with van der Waals surface area (Å²) in [4.78, 5) is 25.1. The van der Waals surface area contributed by atoms with Gasteiger partial charge in [-0.3, -0.25) is 9.59 Å². The summed E-state index contributed by atoms with van der Waals surface area (Å²) in [5, 5.41) is 3.02. The van der Waals surface area contributed by atoms with Gasteiger partial charge in [0.1, 0.15) is 23.0 Å². The SMILES string of the molecule is COc1ccc(S(=O)(=O)c2cn(CC(=O)Nc3ccc(Cl)cc3)c3ccc(F)cc3c2=O)cc1. The maximum Gasteiger partial charge on any atom is 0.244 e. The van der Waals surface area contributed by atoms with E-state index in [1.807, 2.05) is 0 Å². The Morgan fingerprint density at radius 3 is 2.38 bits per heavy atom. The molecule has 1 aromatic heterocycles. The highest BCUT2D eigenvalue weighted by Gasteiger charge is 2.24. The lowest BCUT2D eigenvalue weighted by molar-refractivity contribution is -0.116. The summed E-state index contributed by atoms with van der Waals surface area (Å²) in [6.45, 7) is -0.323. The molecule has 4 rings (SSSR count). The zero-order chi connectivity index (χ0) is 24.5. The van der Waals surface area contributed by atoms with E-state index >= 15 is 0 Å². The molecule has 0 aliphatic heterocycles. The molecule has 10 heteroatoms. The van der Waals surface area contributed by atoms with Gasteiger partial charge in [-0.05, 0) is 66.7 Å². The van der Waals surface area contributed by atoms with Crippen LogP contribution >= 0.6 is 11.6 Å². The van der Waals surface area contributed by atoms with Gasteiger partial charge < -0.3 is 14.6 Å². The van der Waals surface area contributed by atoms with Crippen molar-refractivity contribution < 1.29 is 22.3 Å². The second-order valence-corrected chi connectivity index (χ2v) is 9.70. The van der Waals surface area contributed by atoms with Crippen molar-refractivity contribution in [2.75, 3.05) is 12.4 Å². The fourth-order valence-electron chi connectivity index (χ4n) is 3.44. The number of nitrogens with one attached hydrogen (secondary N) is 1. The number of fused-ring (bicyclic) bond motifs is 1. The number of hydrogen-bond donors (Lipinski definition) is 1. The number of anilines is 1. The lowest BCUT2D eigenvalue weighted by atomic mass is 10.2. The third kappa shape index (κ3) is 4.66. The molecule has 1 amide bonds. The summed E-state index contributed by atoms with van der Waals surface area (Å²) in [6, 6.07) is 15.4. The maximum absolute atomic E-state index is 14.0. The van der Waals surface area contributed by atoms with Crippen LogP contribution in [0.3, 0.4) is 0 Å². The minimum atomic E-state index is -4.28. The predicted molar refractivity (Wildman–Crippen MR) is 127 cm³/mol. The number of nitrogens with zero attached hydrogens (tertiary/aromatic N) is 1. The summed E-state index contributed by atoms with van der Waals surface area (Å²) in [5.41, 5.74) is -0.164. The standard InChI is InChI=1S/C24H18ClFN2O5S/c1-33-18-7-9-19(10-8-18)34(31,32)22-13-28(21-11-4-16(26)12-20(21)24(22)30)14-23(29)27-17-5-2-15(25)3-6-17/h2-13H,14H2,1H3,(H,27,29). The van der Waals surface area contributed by atoms with Gasteiger partial charge in [0, 0.05) is 22.3 Å². The number of sulfone groups is 1. The third-order valence-corrected chi connectivity index (χ3v) is 7.13. The first-order chi connectivity index (χ1) is 16.2. The number of hydrogen-bond acceptors (Lipinski definition) is 5. The molecular formula is C24H18ClFN2O5S. The van der Waals surface area contributed by atoms with E-state index in [0.29, 0.717) is 16.5 Å². The van der Waals surface area contributed by atoms with Gasteiger partial charge in [-0.2, -0.15) is 0 Å². The summed E-state index contributed by atoms with van der Waals surface area (Å²) < 4.78 is 46.9. The number of carbonyl (C=O) groups excluding carboxylic acids is 1. The summed E-state index contributed by atoms with van der Waals surface area (Å²) in [5.74, 6) is -0.749. The van der Waals surface area contributed by atoms with Crippen LogP contribution in [0.1, 0.15) is 0 Å². The molecule has 4 aromatic rings. The lowest BCUT2D eigenvalue weighted by Crippen LogP contribution is -2.24. The zero-order valence-electron chi connectivity index (χ0n) is 17.8. The minimum absolute atomic E-state index is 0.140. The Morgan fingerprint density at radius 1 is 1.06 bits per heavy atom. The van der Waals surface area contributed by atoms with Gasteiger partial charge >= 0.3 is 0 Å². The second kappa shape index (κ2) is 9.28. The number of benzene rings is 3. The van der Waals surface area contributed by atoms with Crippen molar-refractivity contribution in [1.29, 1.82) is 0 Å². The van der Waals surface area contributed by atoms with Crippen LogP contribution < -0.4 is 15.5 Å². The van der Waals surface area contributed by atoms with E-state index in [1.165, 1.54) is 42.0 Å². The topological polar surface area (TPSA) is 94.5 Å². The second-order valence-electron chi connectivity index (χ2n) is 7.35. The monoisotopic (exact) mass is 500 g/mol. The molecule has 174 valence electrons. The Bertz CT molecular complexity index is 1550. The van der Waals surface area contributed by atoms with Crippen molar-refractivity contribution in [2.45, 2.75) is 16.3 Å². The van der Waals surface area contributed by atoms with Crippen LogP contribution in [0.4, 0.5) is 10.1 Å². The highest BCUT2D eigenvalue weighted by Crippen LogP contribution is 2.24. The van der Waals surface area contributed by atoms with Crippen molar-refractivity contribution in [2.24, 2.45) is 0 Å². The molecule has 0 bridgehead atoms. The van der Waals surface area contributed by atoms with Crippen molar-refractivity contribution in [3.05, 3.63) is 94.0 Å². The van der Waals surface area contributed by atoms with Crippen LogP contribution in [0.15, 0.2) is 87.5 Å². The number of amides is 1. The molecule has 0 aliphatic rings. The number of aromatic nitrogens is 1. The van der Waals surface area contributed by atoms with Crippen molar-refractivity contribution >= 4 is 43.9 Å². The van der Waals surface area contributed by atoms with Gasteiger partial charge in [0.2, 0.25) is 21.2 Å². The first kappa shape index (κ1) is 23.5. The average molecular weight is 501 g/mol. The fourth-order valence-corrected chi connectivity index (χ4v) is 4.93. The molecule has 34 heavy (non-hydrogen) atoms. The molecule has 0 atom stereocenters. The van der Waals surface area contributed by atoms with Gasteiger partial charge in [0.05, 0.1) is 17.5 Å². The molecule has 0 aliphatic carbocycles. The number of pyridine rings is 1.